The summed E-state index contributed by atoms with van der Waals surface area (Å²) in [7, 11) is 0. The number of benzene rings is 1. The van der Waals surface area contributed by atoms with Gasteiger partial charge in [-0.25, -0.2) is 9.18 Å². The first-order valence-electron chi connectivity index (χ1n) is 11.2. The predicted octanol–water partition coefficient (Wildman–Crippen LogP) is 5.22. The molecule has 1 aliphatic heterocycles. The SMILES string of the molecule is CC1=C(C(=O)OCCOC(C)C)[C@H](c2ccc(F)cc2)C2=C(C[C@@H](c3cccs3)CC2=O)N1. The number of hydrogen-bond donors (Lipinski definition) is 1. The number of esters is 1. The largest absolute Gasteiger partial charge is 0.460 e. The third-order valence-electron chi connectivity index (χ3n) is 5.96. The standard InChI is InChI=1S/C26H28FNO4S/c1-15(2)31-10-11-32-26(30)23-16(3)28-20-13-18(22-5-4-12-33-22)14-21(29)25(20)24(23)17-6-8-19(27)9-7-17/h4-9,12,15,18,24,28H,10-11,13-14H2,1-3H3/t18-,24+/m1/s1. The van der Waals surface area contributed by atoms with Crippen molar-refractivity contribution in [2.75, 3.05) is 13.2 Å². The first kappa shape index (κ1) is 23.4. The molecule has 7 heteroatoms. The average Bonchev–Trinajstić information content (AvgIpc) is 3.31. The van der Waals surface area contributed by atoms with Crippen molar-refractivity contribution < 1.29 is 23.5 Å². The number of ketones is 1. The van der Waals surface area contributed by atoms with Gasteiger partial charge in [-0.15, -0.1) is 11.3 Å². The summed E-state index contributed by atoms with van der Waals surface area (Å²) in [4.78, 5) is 27.8. The van der Waals surface area contributed by atoms with Gasteiger partial charge in [-0.05, 0) is 56.3 Å². The number of nitrogens with one attached hydrogen (secondary N) is 1. The lowest BCUT2D eigenvalue weighted by atomic mass is 9.72. The topological polar surface area (TPSA) is 64.6 Å². The number of halogens is 1. The lowest BCUT2D eigenvalue weighted by Crippen LogP contribution is -2.36. The Hall–Kier alpha value is -2.77. The quantitative estimate of drug-likeness (QED) is 0.445. The van der Waals surface area contributed by atoms with Crippen LogP contribution in [0.5, 0.6) is 0 Å². The third-order valence-corrected chi connectivity index (χ3v) is 7.00. The van der Waals surface area contributed by atoms with E-state index in [0.717, 1.165) is 5.70 Å². The summed E-state index contributed by atoms with van der Waals surface area (Å²) in [6, 6.07) is 10.0. The Balaban J connectivity index is 1.67. The van der Waals surface area contributed by atoms with Crippen molar-refractivity contribution in [1.82, 2.24) is 5.32 Å². The Bertz CT molecular complexity index is 1090. The second-order valence-corrected chi connectivity index (χ2v) is 9.62. The summed E-state index contributed by atoms with van der Waals surface area (Å²) < 4.78 is 24.6. The summed E-state index contributed by atoms with van der Waals surface area (Å²) in [5.74, 6) is -1.37. The van der Waals surface area contributed by atoms with E-state index in [1.807, 2.05) is 32.2 Å². The van der Waals surface area contributed by atoms with E-state index < -0.39 is 11.9 Å². The maximum atomic E-state index is 13.7. The molecule has 1 N–H and O–H groups in total. The fraction of sp³-hybridized carbons (Fsp3) is 0.385. The van der Waals surface area contributed by atoms with Gasteiger partial charge in [-0.1, -0.05) is 18.2 Å². The molecule has 1 aliphatic carbocycles. The Morgan fingerprint density at radius 2 is 1.94 bits per heavy atom. The third kappa shape index (κ3) is 5.09. The number of carbonyl (C=O) groups excluding carboxylic acids is 2. The fourth-order valence-corrected chi connectivity index (χ4v) is 5.35. The summed E-state index contributed by atoms with van der Waals surface area (Å²) >= 11 is 1.65. The van der Waals surface area contributed by atoms with Gasteiger partial charge in [-0.2, -0.15) is 0 Å². The van der Waals surface area contributed by atoms with E-state index in [0.29, 0.717) is 41.9 Å². The minimum Gasteiger partial charge on any atom is -0.460 e. The number of ether oxygens (including phenoxy) is 2. The van der Waals surface area contributed by atoms with Crippen molar-refractivity contribution in [3.8, 4) is 0 Å². The molecular weight excluding hydrogens is 441 g/mol. The van der Waals surface area contributed by atoms with Crippen LogP contribution in [0.25, 0.3) is 0 Å². The number of hydrogen-bond acceptors (Lipinski definition) is 6. The zero-order valence-electron chi connectivity index (χ0n) is 19.0. The van der Waals surface area contributed by atoms with Crippen LogP contribution in [0.3, 0.4) is 0 Å². The number of carbonyl (C=O) groups is 2. The molecule has 2 heterocycles. The molecule has 0 amide bonds. The Kier molecular flexibility index (Phi) is 7.10. The van der Waals surface area contributed by atoms with Crippen LogP contribution in [0.1, 0.15) is 55.9 Å². The van der Waals surface area contributed by atoms with E-state index in [1.54, 1.807) is 23.5 Å². The van der Waals surface area contributed by atoms with Crippen LogP contribution in [-0.4, -0.2) is 31.1 Å². The molecule has 4 rings (SSSR count). The Morgan fingerprint density at radius 3 is 2.61 bits per heavy atom. The van der Waals surface area contributed by atoms with Gasteiger partial charge in [0.15, 0.2) is 5.78 Å². The summed E-state index contributed by atoms with van der Waals surface area (Å²) in [5.41, 5.74) is 3.13. The molecule has 2 aliphatic rings. The number of dihydropyridines is 1. The van der Waals surface area contributed by atoms with Gasteiger partial charge in [0, 0.05) is 40.1 Å². The molecular formula is C26H28FNO4S. The van der Waals surface area contributed by atoms with E-state index in [2.05, 4.69) is 11.4 Å². The van der Waals surface area contributed by atoms with E-state index >= 15 is 0 Å². The minimum absolute atomic E-state index is 0.00239. The number of thiophene rings is 1. The molecule has 0 saturated carbocycles. The average molecular weight is 470 g/mol. The van der Waals surface area contributed by atoms with Crippen molar-refractivity contribution in [1.29, 1.82) is 0 Å². The second-order valence-electron chi connectivity index (χ2n) is 8.64. The molecule has 1 aromatic heterocycles. The van der Waals surface area contributed by atoms with Gasteiger partial charge < -0.3 is 14.8 Å². The molecule has 0 fully saturated rings. The van der Waals surface area contributed by atoms with Crippen molar-refractivity contribution in [3.63, 3.8) is 0 Å². The molecule has 0 unspecified atom stereocenters. The van der Waals surface area contributed by atoms with Gasteiger partial charge in [0.25, 0.3) is 0 Å². The smallest absolute Gasteiger partial charge is 0.336 e. The molecule has 174 valence electrons. The molecule has 1 aromatic carbocycles. The monoisotopic (exact) mass is 469 g/mol. The first-order valence-corrected chi connectivity index (χ1v) is 12.0. The molecule has 2 aromatic rings. The zero-order chi connectivity index (χ0) is 23.5. The Morgan fingerprint density at radius 1 is 1.18 bits per heavy atom. The van der Waals surface area contributed by atoms with Crippen molar-refractivity contribution in [2.45, 2.75) is 51.6 Å². The lowest BCUT2D eigenvalue weighted by Gasteiger charge is -2.36. The highest BCUT2D eigenvalue weighted by molar-refractivity contribution is 7.10. The van der Waals surface area contributed by atoms with Gasteiger partial charge >= 0.3 is 5.97 Å². The summed E-state index contributed by atoms with van der Waals surface area (Å²) in [5, 5.41) is 5.34. The van der Waals surface area contributed by atoms with Gasteiger partial charge in [-0.3, -0.25) is 4.79 Å². The number of Topliss-reactive ketones (excluding diaryl/α,β-unsaturated/α-hetero) is 1. The summed E-state index contributed by atoms with van der Waals surface area (Å²) in [6.07, 6.45) is 1.10. The van der Waals surface area contributed by atoms with Crippen LogP contribution in [0.15, 0.2) is 64.3 Å². The van der Waals surface area contributed by atoms with Gasteiger partial charge in [0.1, 0.15) is 12.4 Å². The van der Waals surface area contributed by atoms with E-state index in [-0.39, 0.29) is 30.2 Å². The van der Waals surface area contributed by atoms with E-state index in [1.165, 1.54) is 17.0 Å². The highest BCUT2D eigenvalue weighted by atomic mass is 32.1. The first-order chi connectivity index (χ1) is 15.8. The van der Waals surface area contributed by atoms with Gasteiger partial charge in [0.05, 0.1) is 18.3 Å². The molecule has 0 saturated heterocycles. The minimum atomic E-state index is -0.600. The molecule has 0 radical (unpaired) electrons. The van der Waals surface area contributed by atoms with Crippen molar-refractivity contribution >= 4 is 23.1 Å². The van der Waals surface area contributed by atoms with Crippen LogP contribution in [0, 0.1) is 5.82 Å². The van der Waals surface area contributed by atoms with E-state index in [4.69, 9.17) is 9.47 Å². The predicted molar refractivity (Wildman–Crippen MR) is 125 cm³/mol. The Labute approximate surface area is 197 Å². The molecule has 5 nitrogen and oxygen atoms in total. The highest BCUT2D eigenvalue weighted by Gasteiger charge is 2.41. The summed E-state index contributed by atoms with van der Waals surface area (Å²) in [6.45, 7) is 6.05. The number of rotatable bonds is 7. The van der Waals surface area contributed by atoms with Crippen LogP contribution in [0.4, 0.5) is 4.39 Å². The van der Waals surface area contributed by atoms with Crippen LogP contribution < -0.4 is 5.32 Å². The molecule has 0 bridgehead atoms. The molecule has 0 spiro atoms. The zero-order valence-corrected chi connectivity index (χ0v) is 19.8. The lowest BCUT2D eigenvalue weighted by molar-refractivity contribution is -0.141. The second kappa shape index (κ2) is 10.0. The highest BCUT2D eigenvalue weighted by Crippen LogP contribution is 2.46. The normalized spacial score (nSPS) is 20.7. The van der Waals surface area contributed by atoms with Crippen LogP contribution in [0.2, 0.25) is 0 Å². The van der Waals surface area contributed by atoms with Crippen molar-refractivity contribution in [3.05, 3.63) is 80.6 Å². The van der Waals surface area contributed by atoms with Gasteiger partial charge in [0.2, 0.25) is 0 Å². The maximum absolute atomic E-state index is 13.7. The maximum Gasteiger partial charge on any atom is 0.336 e. The van der Waals surface area contributed by atoms with E-state index in [9.17, 15) is 14.0 Å². The fourth-order valence-electron chi connectivity index (χ4n) is 4.52. The van der Waals surface area contributed by atoms with Crippen LogP contribution in [-0.2, 0) is 19.1 Å². The molecule has 33 heavy (non-hydrogen) atoms. The van der Waals surface area contributed by atoms with Crippen LogP contribution >= 0.6 is 11.3 Å². The van der Waals surface area contributed by atoms with Crippen molar-refractivity contribution in [2.24, 2.45) is 0 Å². The number of allylic oxidation sites excluding steroid dienone is 3. The molecule has 2 atom stereocenters.